The van der Waals surface area contributed by atoms with Crippen LogP contribution in [0.2, 0.25) is 0 Å². The van der Waals surface area contributed by atoms with E-state index in [1.807, 2.05) is 24.3 Å². The number of benzene rings is 1. The zero-order chi connectivity index (χ0) is 17.1. The Bertz CT molecular complexity index is 762. The van der Waals surface area contributed by atoms with Crippen molar-refractivity contribution in [2.75, 3.05) is 18.1 Å². The van der Waals surface area contributed by atoms with Crippen LogP contribution in [0.5, 0.6) is 0 Å². The summed E-state index contributed by atoms with van der Waals surface area (Å²) in [4.78, 5) is 27.9. The topological polar surface area (TPSA) is 46.6 Å². The number of amides is 1. The zero-order valence-corrected chi connectivity index (χ0v) is 16.2. The Morgan fingerprint density at radius 1 is 1.29 bits per heavy atom. The number of rotatable bonds is 3. The van der Waals surface area contributed by atoms with Gasteiger partial charge in [-0.2, -0.15) is 0 Å². The van der Waals surface area contributed by atoms with Crippen LogP contribution in [0.1, 0.15) is 23.0 Å². The first-order valence-corrected chi connectivity index (χ1v) is 10.0. The largest absolute Gasteiger partial charge is 0.451 e. The number of para-hydroxylation sites is 1. The van der Waals surface area contributed by atoms with Crippen LogP contribution in [-0.4, -0.2) is 30.3 Å². The average Bonchev–Trinajstić information content (AvgIpc) is 2.92. The first-order valence-electron chi connectivity index (χ1n) is 7.53. The van der Waals surface area contributed by atoms with Crippen molar-refractivity contribution in [3.8, 4) is 0 Å². The van der Waals surface area contributed by atoms with Gasteiger partial charge in [0.05, 0.1) is 9.47 Å². The molecule has 0 saturated heterocycles. The maximum absolute atomic E-state index is 12.6. The molecule has 0 radical (unpaired) electrons. The third-order valence-electron chi connectivity index (χ3n) is 3.65. The molecule has 1 unspecified atom stereocenters. The van der Waals surface area contributed by atoms with E-state index in [-0.39, 0.29) is 12.5 Å². The molecule has 1 aliphatic rings. The molecule has 0 fully saturated rings. The smallest absolute Gasteiger partial charge is 0.348 e. The van der Waals surface area contributed by atoms with Gasteiger partial charge in [0, 0.05) is 16.7 Å². The standard InChI is InChI=1S/C17H16BrNO3S2/c1-11-8-9-19(12-4-2-3-5-13(12)23-11)16(20)10-22-17(21)14-6-7-15(18)24-14/h2-7,11H,8-10H2,1H3. The molecular formula is C17H16BrNO3S2. The van der Waals surface area contributed by atoms with Gasteiger partial charge < -0.3 is 9.64 Å². The predicted octanol–water partition coefficient (Wildman–Crippen LogP) is 4.58. The molecule has 2 aromatic rings. The maximum Gasteiger partial charge on any atom is 0.348 e. The Hall–Kier alpha value is -1.31. The second-order valence-corrected chi connectivity index (χ2v) is 9.35. The highest BCUT2D eigenvalue weighted by atomic mass is 79.9. The molecule has 4 nitrogen and oxygen atoms in total. The Kier molecular flexibility index (Phi) is 5.63. The number of thiophene rings is 1. The van der Waals surface area contributed by atoms with E-state index < -0.39 is 5.97 Å². The highest BCUT2D eigenvalue weighted by molar-refractivity contribution is 9.11. The second-order valence-electron chi connectivity index (χ2n) is 5.41. The zero-order valence-electron chi connectivity index (χ0n) is 13.0. The Labute approximate surface area is 157 Å². The lowest BCUT2D eigenvalue weighted by molar-refractivity contribution is -0.121. The first kappa shape index (κ1) is 17.5. The predicted molar refractivity (Wildman–Crippen MR) is 101 cm³/mol. The van der Waals surface area contributed by atoms with Crippen LogP contribution in [0.3, 0.4) is 0 Å². The van der Waals surface area contributed by atoms with Crippen molar-refractivity contribution in [2.24, 2.45) is 0 Å². The van der Waals surface area contributed by atoms with Gasteiger partial charge in [-0.1, -0.05) is 19.1 Å². The van der Waals surface area contributed by atoms with Gasteiger partial charge in [-0.25, -0.2) is 4.79 Å². The SMILES string of the molecule is CC1CCN(C(=O)COC(=O)c2ccc(Br)s2)c2ccccc2S1. The molecule has 24 heavy (non-hydrogen) atoms. The molecule has 0 bridgehead atoms. The van der Waals surface area contributed by atoms with Crippen LogP contribution in [0, 0.1) is 0 Å². The summed E-state index contributed by atoms with van der Waals surface area (Å²) in [7, 11) is 0. The van der Waals surface area contributed by atoms with E-state index in [9.17, 15) is 9.59 Å². The van der Waals surface area contributed by atoms with Crippen molar-refractivity contribution in [3.05, 3.63) is 45.1 Å². The van der Waals surface area contributed by atoms with Gasteiger partial charge in [-0.15, -0.1) is 23.1 Å². The van der Waals surface area contributed by atoms with Crippen molar-refractivity contribution >= 4 is 56.6 Å². The van der Waals surface area contributed by atoms with Crippen LogP contribution in [-0.2, 0) is 9.53 Å². The van der Waals surface area contributed by atoms with E-state index in [0.717, 1.165) is 20.8 Å². The van der Waals surface area contributed by atoms with Crippen LogP contribution in [0.25, 0.3) is 0 Å². The van der Waals surface area contributed by atoms with Crippen molar-refractivity contribution in [1.29, 1.82) is 0 Å². The van der Waals surface area contributed by atoms with Gasteiger partial charge in [0.15, 0.2) is 6.61 Å². The average molecular weight is 426 g/mol. The Morgan fingerprint density at radius 3 is 2.83 bits per heavy atom. The van der Waals surface area contributed by atoms with Gasteiger partial charge in [0.2, 0.25) is 0 Å². The van der Waals surface area contributed by atoms with Crippen molar-refractivity contribution in [3.63, 3.8) is 0 Å². The lowest BCUT2D eigenvalue weighted by Gasteiger charge is -2.22. The molecule has 0 saturated carbocycles. The van der Waals surface area contributed by atoms with E-state index in [1.54, 1.807) is 28.8 Å². The number of thioether (sulfide) groups is 1. The van der Waals surface area contributed by atoms with Gasteiger partial charge in [-0.05, 0) is 46.6 Å². The highest BCUT2D eigenvalue weighted by Crippen LogP contribution is 2.37. The molecule has 1 aromatic carbocycles. The number of hydrogen-bond donors (Lipinski definition) is 0. The lowest BCUT2D eigenvalue weighted by atomic mass is 10.2. The number of anilines is 1. The van der Waals surface area contributed by atoms with Gasteiger partial charge in [-0.3, -0.25) is 4.79 Å². The van der Waals surface area contributed by atoms with Crippen LogP contribution < -0.4 is 4.90 Å². The summed E-state index contributed by atoms with van der Waals surface area (Å²) >= 11 is 6.37. The molecule has 7 heteroatoms. The number of esters is 1. The monoisotopic (exact) mass is 425 g/mol. The Balaban J connectivity index is 1.69. The Morgan fingerprint density at radius 2 is 2.08 bits per heavy atom. The van der Waals surface area contributed by atoms with Crippen molar-refractivity contribution < 1.29 is 14.3 Å². The number of carbonyl (C=O) groups excluding carboxylic acids is 2. The minimum atomic E-state index is -0.468. The molecule has 126 valence electrons. The first-order chi connectivity index (χ1) is 11.5. The summed E-state index contributed by atoms with van der Waals surface area (Å²) < 4.78 is 6.05. The molecule has 0 aliphatic carbocycles. The fourth-order valence-corrected chi connectivity index (χ4v) is 4.84. The minimum absolute atomic E-state index is 0.193. The summed E-state index contributed by atoms with van der Waals surface area (Å²) in [5, 5.41) is 0.440. The summed E-state index contributed by atoms with van der Waals surface area (Å²) in [6.45, 7) is 2.54. The quantitative estimate of drug-likeness (QED) is 0.674. The third-order valence-corrected chi connectivity index (χ3v) is 6.49. The molecule has 3 rings (SSSR count). The summed E-state index contributed by atoms with van der Waals surface area (Å²) in [5.74, 6) is -0.661. The molecule has 1 aromatic heterocycles. The molecule has 1 aliphatic heterocycles. The van der Waals surface area contributed by atoms with Crippen LogP contribution >= 0.6 is 39.0 Å². The van der Waals surface area contributed by atoms with Crippen molar-refractivity contribution in [2.45, 2.75) is 23.5 Å². The van der Waals surface area contributed by atoms with E-state index in [4.69, 9.17) is 4.74 Å². The fraction of sp³-hybridized carbons (Fsp3) is 0.294. The summed E-state index contributed by atoms with van der Waals surface area (Å²) in [6.07, 6.45) is 0.900. The number of hydrogen-bond acceptors (Lipinski definition) is 5. The highest BCUT2D eigenvalue weighted by Gasteiger charge is 2.25. The molecule has 0 spiro atoms. The summed E-state index contributed by atoms with van der Waals surface area (Å²) in [6, 6.07) is 11.3. The number of fused-ring (bicyclic) bond motifs is 1. The van der Waals surface area contributed by atoms with Crippen LogP contribution in [0.15, 0.2) is 45.1 Å². The number of ether oxygens (including phenoxy) is 1. The normalized spacial score (nSPS) is 17.1. The molecule has 1 atom stereocenters. The number of halogens is 1. The van der Waals surface area contributed by atoms with E-state index in [1.165, 1.54) is 11.3 Å². The maximum atomic E-state index is 12.6. The second kappa shape index (κ2) is 7.72. The summed E-state index contributed by atoms with van der Waals surface area (Å²) in [5.41, 5.74) is 0.895. The van der Waals surface area contributed by atoms with Gasteiger partial charge >= 0.3 is 5.97 Å². The van der Waals surface area contributed by atoms with Crippen molar-refractivity contribution in [1.82, 2.24) is 0 Å². The molecule has 0 N–H and O–H groups in total. The molecule has 2 heterocycles. The lowest BCUT2D eigenvalue weighted by Crippen LogP contribution is -2.35. The molecular weight excluding hydrogens is 410 g/mol. The van der Waals surface area contributed by atoms with Gasteiger partial charge in [0.1, 0.15) is 4.88 Å². The number of nitrogens with zero attached hydrogens (tertiary/aromatic N) is 1. The van der Waals surface area contributed by atoms with E-state index >= 15 is 0 Å². The minimum Gasteiger partial charge on any atom is -0.451 e. The van der Waals surface area contributed by atoms with Gasteiger partial charge in [0.25, 0.3) is 5.91 Å². The van der Waals surface area contributed by atoms with Crippen LogP contribution in [0.4, 0.5) is 5.69 Å². The van der Waals surface area contributed by atoms with E-state index in [2.05, 4.69) is 22.9 Å². The van der Waals surface area contributed by atoms with E-state index in [0.29, 0.717) is 16.7 Å². The molecule has 1 amide bonds. The fourth-order valence-electron chi connectivity index (χ4n) is 2.45. The third kappa shape index (κ3) is 4.02. The number of carbonyl (C=O) groups is 2.